The van der Waals surface area contributed by atoms with Gasteiger partial charge >= 0.3 is 0 Å². The summed E-state index contributed by atoms with van der Waals surface area (Å²) in [6.07, 6.45) is 0. The van der Waals surface area contributed by atoms with E-state index in [0.29, 0.717) is 48.7 Å². The van der Waals surface area contributed by atoms with Crippen LogP contribution in [-0.2, 0) is 4.79 Å². The van der Waals surface area contributed by atoms with Gasteiger partial charge in [0.25, 0.3) is 11.8 Å². The second-order valence-electron chi connectivity index (χ2n) is 8.35. The summed E-state index contributed by atoms with van der Waals surface area (Å²) in [6, 6.07) is 23.7. The zero-order chi connectivity index (χ0) is 23.9. The van der Waals surface area contributed by atoms with Crippen molar-refractivity contribution in [1.29, 1.82) is 0 Å². The van der Waals surface area contributed by atoms with E-state index in [9.17, 15) is 14.4 Å². The van der Waals surface area contributed by atoms with E-state index in [1.54, 1.807) is 24.3 Å². The third kappa shape index (κ3) is 5.88. The van der Waals surface area contributed by atoms with Crippen LogP contribution >= 0.6 is 0 Å². The lowest BCUT2D eigenvalue weighted by Gasteiger charge is -2.34. The second kappa shape index (κ2) is 10.8. The van der Waals surface area contributed by atoms with E-state index in [0.717, 1.165) is 5.56 Å². The smallest absolute Gasteiger partial charge is 0.257 e. The molecule has 0 unspecified atom stereocenters. The molecule has 0 saturated carbocycles. The Hall–Kier alpha value is -3.97. The van der Waals surface area contributed by atoms with Crippen LogP contribution in [0.1, 0.15) is 26.3 Å². The molecule has 1 aliphatic rings. The van der Waals surface area contributed by atoms with Gasteiger partial charge in [0.1, 0.15) is 0 Å². The van der Waals surface area contributed by atoms with Crippen molar-refractivity contribution in [3.63, 3.8) is 0 Å². The van der Waals surface area contributed by atoms with Gasteiger partial charge in [-0.05, 0) is 48.9 Å². The Morgan fingerprint density at radius 2 is 1.50 bits per heavy atom. The third-order valence-electron chi connectivity index (χ3n) is 5.77. The molecule has 0 atom stereocenters. The summed E-state index contributed by atoms with van der Waals surface area (Å²) in [5.41, 5.74) is 3.29. The summed E-state index contributed by atoms with van der Waals surface area (Å²) in [5.74, 6) is -0.466. The van der Waals surface area contributed by atoms with Crippen LogP contribution in [0.3, 0.4) is 0 Å². The van der Waals surface area contributed by atoms with E-state index in [1.165, 1.54) is 0 Å². The van der Waals surface area contributed by atoms with E-state index in [4.69, 9.17) is 0 Å². The van der Waals surface area contributed by atoms with Crippen molar-refractivity contribution in [3.05, 3.63) is 95.6 Å². The summed E-state index contributed by atoms with van der Waals surface area (Å²) < 4.78 is 0. The van der Waals surface area contributed by atoms with Crippen LogP contribution in [0.2, 0.25) is 0 Å². The first-order valence-corrected chi connectivity index (χ1v) is 11.3. The molecule has 174 valence electrons. The molecule has 3 aromatic carbocycles. The van der Waals surface area contributed by atoms with Crippen molar-refractivity contribution in [2.24, 2.45) is 0 Å². The molecule has 4 rings (SSSR count). The molecule has 0 bridgehead atoms. The minimum absolute atomic E-state index is 0.0123. The fourth-order valence-electron chi connectivity index (χ4n) is 3.98. The van der Waals surface area contributed by atoms with Crippen molar-refractivity contribution >= 4 is 29.1 Å². The predicted molar refractivity (Wildman–Crippen MR) is 133 cm³/mol. The van der Waals surface area contributed by atoms with Gasteiger partial charge < -0.3 is 15.5 Å². The average molecular weight is 457 g/mol. The highest BCUT2D eigenvalue weighted by molar-refractivity contribution is 6.10. The van der Waals surface area contributed by atoms with Gasteiger partial charge in [0.15, 0.2) is 0 Å². The van der Waals surface area contributed by atoms with Crippen molar-refractivity contribution in [2.75, 3.05) is 43.4 Å². The summed E-state index contributed by atoms with van der Waals surface area (Å²) in [7, 11) is 0. The predicted octanol–water partition coefficient (Wildman–Crippen LogP) is 3.64. The molecule has 1 saturated heterocycles. The van der Waals surface area contributed by atoms with E-state index >= 15 is 0 Å². The molecular formula is C27H28N4O3. The van der Waals surface area contributed by atoms with Crippen LogP contribution in [0.25, 0.3) is 0 Å². The molecule has 7 nitrogen and oxygen atoms in total. The average Bonchev–Trinajstić information content (AvgIpc) is 2.85. The largest absolute Gasteiger partial charge is 0.336 e. The number of nitrogens with zero attached hydrogens (tertiary/aromatic N) is 2. The number of carbonyl (C=O) groups excluding carboxylic acids is 3. The van der Waals surface area contributed by atoms with Gasteiger partial charge in [0.2, 0.25) is 5.91 Å². The van der Waals surface area contributed by atoms with Crippen molar-refractivity contribution in [1.82, 2.24) is 9.80 Å². The molecule has 1 aliphatic heterocycles. The normalized spacial score (nSPS) is 13.9. The molecular weight excluding hydrogens is 428 g/mol. The molecule has 0 aliphatic carbocycles. The van der Waals surface area contributed by atoms with Crippen LogP contribution in [-0.4, -0.2) is 60.2 Å². The van der Waals surface area contributed by atoms with Crippen molar-refractivity contribution < 1.29 is 14.4 Å². The summed E-state index contributed by atoms with van der Waals surface area (Å²) >= 11 is 0. The number of hydrogen-bond acceptors (Lipinski definition) is 4. The lowest BCUT2D eigenvalue weighted by Crippen LogP contribution is -2.50. The fraction of sp³-hybridized carbons (Fsp3) is 0.222. The Kier molecular flexibility index (Phi) is 7.34. The Labute approximate surface area is 199 Å². The molecule has 34 heavy (non-hydrogen) atoms. The van der Waals surface area contributed by atoms with Gasteiger partial charge in [-0.3, -0.25) is 19.3 Å². The first-order chi connectivity index (χ1) is 16.5. The molecule has 2 N–H and O–H groups in total. The van der Waals surface area contributed by atoms with Crippen LogP contribution < -0.4 is 10.6 Å². The highest BCUT2D eigenvalue weighted by Crippen LogP contribution is 2.18. The van der Waals surface area contributed by atoms with Gasteiger partial charge in [-0.2, -0.15) is 0 Å². The maximum absolute atomic E-state index is 12.8. The lowest BCUT2D eigenvalue weighted by atomic mass is 10.1. The summed E-state index contributed by atoms with van der Waals surface area (Å²) in [5, 5.41) is 5.76. The molecule has 3 amide bonds. The zero-order valence-electron chi connectivity index (χ0n) is 19.2. The molecule has 3 aromatic rings. The minimum Gasteiger partial charge on any atom is -0.336 e. The summed E-state index contributed by atoms with van der Waals surface area (Å²) in [6.45, 7) is 4.51. The number of rotatable bonds is 6. The van der Waals surface area contributed by atoms with E-state index in [-0.39, 0.29) is 24.3 Å². The highest BCUT2D eigenvalue weighted by Gasteiger charge is 2.23. The molecule has 7 heteroatoms. The molecule has 0 aromatic heterocycles. The Balaban J connectivity index is 1.32. The molecule has 1 fully saturated rings. The number of amides is 3. The molecule has 1 heterocycles. The van der Waals surface area contributed by atoms with Crippen molar-refractivity contribution in [3.8, 4) is 0 Å². The topological polar surface area (TPSA) is 81.8 Å². The number of nitrogens with one attached hydrogen (secondary N) is 2. The Morgan fingerprint density at radius 3 is 2.24 bits per heavy atom. The van der Waals surface area contributed by atoms with Gasteiger partial charge in [-0.15, -0.1) is 0 Å². The number of carbonyl (C=O) groups is 3. The minimum atomic E-state index is -0.283. The number of benzene rings is 3. The number of hydrogen-bond donors (Lipinski definition) is 2. The van der Waals surface area contributed by atoms with Crippen molar-refractivity contribution in [2.45, 2.75) is 6.92 Å². The second-order valence-corrected chi connectivity index (χ2v) is 8.35. The quantitative estimate of drug-likeness (QED) is 0.593. The van der Waals surface area contributed by atoms with Crippen LogP contribution in [0.5, 0.6) is 0 Å². The SMILES string of the molecule is Cc1cccc(NC(=O)c2ccccc2NC(=O)CN2CCN(C(=O)c3ccccc3)CC2)c1. The standard InChI is InChI=1S/C27H28N4O3/c1-20-8-7-11-22(18-20)28-26(33)23-12-5-6-13-24(23)29-25(32)19-30-14-16-31(17-15-30)27(34)21-9-3-2-4-10-21/h2-13,18H,14-17,19H2,1H3,(H,28,33)(H,29,32). The number of aryl methyl sites for hydroxylation is 1. The first-order valence-electron chi connectivity index (χ1n) is 11.3. The van der Waals surface area contributed by atoms with Gasteiger partial charge in [-0.1, -0.05) is 42.5 Å². The summed E-state index contributed by atoms with van der Waals surface area (Å²) in [4.78, 5) is 42.0. The molecule has 0 radical (unpaired) electrons. The van der Waals surface area contributed by atoms with E-state index in [2.05, 4.69) is 10.6 Å². The van der Waals surface area contributed by atoms with Gasteiger partial charge in [0, 0.05) is 37.4 Å². The fourth-order valence-corrected chi connectivity index (χ4v) is 3.98. The van der Waals surface area contributed by atoms with Crippen LogP contribution in [0, 0.1) is 6.92 Å². The first kappa shape index (κ1) is 23.2. The lowest BCUT2D eigenvalue weighted by molar-refractivity contribution is -0.117. The Morgan fingerprint density at radius 1 is 0.794 bits per heavy atom. The van der Waals surface area contributed by atoms with Crippen LogP contribution in [0.15, 0.2) is 78.9 Å². The monoisotopic (exact) mass is 456 g/mol. The maximum Gasteiger partial charge on any atom is 0.257 e. The highest BCUT2D eigenvalue weighted by atomic mass is 16.2. The van der Waals surface area contributed by atoms with Crippen LogP contribution in [0.4, 0.5) is 11.4 Å². The zero-order valence-corrected chi connectivity index (χ0v) is 19.2. The third-order valence-corrected chi connectivity index (χ3v) is 5.77. The van der Waals surface area contributed by atoms with E-state index < -0.39 is 0 Å². The maximum atomic E-state index is 12.8. The van der Waals surface area contributed by atoms with Gasteiger partial charge in [-0.25, -0.2) is 0 Å². The number of anilines is 2. The van der Waals surface area contributed by atoms with E-state index in [1.807, 2.05) is 71.3 Å². The number of para-hydroxylation sites is 1. The number of piperazine rings is 1. The Bertz CT molecular complexity index is 1170. The molecule has 0 spiro atoms. The van der Waals surface area contributed by atoms with Gasteiger partial charge in [0.05, 0.1) is 17.8 Å².